The molecule has 1 saturated heterocycles. The molecule has 1 aromatic heterocycles. The maximum absolute atomic E-state index is 12.0. The van der Waals surface area contributed by atoms with Gasteiger partial charge in [0, 0.05) is 31.4 Å². The maximum atomic E-state index is 12.0. The standard InChI is InChI=1S/C24H30N6O8/c1-17-26-28-24(29-27-17)19-4-2-18(3-5-19)16-25-20(31)8-10-35-12-14-37-15-13-36-11-9-23(34)38-30-21(32)6-7-22(30)33/h2-5H,6-16H2,1H3,(H,25,31). The molecule has 1 aliphatic rings. The fourth-order valence-electron chi connectivity index (χ4n) is 3.12. The number of ether oxygens (including phenoxy) is 3. The summed E-state index contributed by atoms with van der Waals surface area (Å²) in [5.41, 5.74) is 1.72. The summed E-state index contributed by atoms with van der Waals surface area (Å²) in [5.74, 6) is -0.942. The Kier molecular flexibility index (Phi) is 11.6. The number of hydroxylamine groups is 2. The van der Waals surface area contributed by atoms with E-state index in [-0.39, 0.29) is 51.4 Å². The van der Waals surface area contributed by atoms with Crippen LogP contribution >= 0.6 is 0 Å². The highest BCUT2D eigenvalue weighted by Gasteiger charge is 2.32. The number of benzene rings is 1. The van der Waals surface area contributed by atoms with Crippen molar-refractivity contribution in [2.45, 2.75) is 39.2 Å². The number of imide groups is 1. The van der Waals surface area contributed by atoms with Gasteiger partial charge in [-0.3, -0.25) is 14.4 Å². The number of carbonyl (C=O) groups is 4. The van der Waals surface area contributed by atoms with Crippen LogP contribution < -0.4 is 5.32 Å². The second-order valence-corrected chi connectivity index (χ2v) is 8.13. The van der Waals surface area contributed by atoms with Crippen LogP contribution in [-0.2, 0) is 44.8 Å². The highest BCUT2D eigenvalue weighted by atomic mass is 16.7. The van der Waals surface area contributed by atoms with Gasteiger partial charge in [0.2, 0.25) is 11.7 Å². The van der Waals surface area contributed by atoms with Crippen LogP contribution in [0.4, 0.5) is 0 Å². The Morgan fingerprint density at radius 1 is 0.816 bits per heavy atom. The smallest absolute Gasteiger partial charge is 0.335 e. The molecule has 14 nitrogen and oxygen atoms in total. The van der Waals surface area contributed by atoms with Gasteiger partial charge in [0.1, 0.15) is 0 Å². The quantitative estimate of drug-likeness (QED) is 0.233. The van der Waals surface area contributed by atoms with Gasteiger partial charge in [-0.1, -0.05) is 24.3 Å². The molecule has 204 valence electrons. The molecule has 0 bridgehead atoms. The first-order valence-electron chi connectivity index (χ1n) is 12.1. The fourth-order valence-corrected chi connectivity index (χ4v) is 3.12. The van der Waals surface area contributed by atoms with Gasteiger partial charge in [0.25, 0.3) is 11.8 Å². The number of carbonyl (C=O) groups excluding carboxylic acids is 4. The minimum atomic E-state index is -0.714. The van der Waals surface area contributed by atoms with Crippen LogP contribution in [-0.4, -0.2) is 88.8 Å². The summed E-state index contributed by atoms with van der Waals surface area (Å²) in [6.07, 6.45) is 0.233. The summed E-state index contributed by atoms with van der Waals surface area (Å²) in [6, 6.07) is 7.45. The first-order valence-corrected chi connectivity index (χ1v) is 12.1. The predicted molar refractivity (Wildman–Crippen MR) is 129 cm³/mol. The molecule has 38 heavy (non-hydrogen) atoms. The molecule has 2 heterocycles. The zero-order chi connectivity index (χ0) is 27.2. The van der Waals surface area contributed by atoms with Gasteiger partial charge in [-0.2, -0.15) is 0 Å². The van der Waals surface area contributed by atoms with E-state index in [1.165, 1.54) is 0 Å². The number of nitrogens with one attached hydrogen (secondary N) is 1. The molecular weight excluding hydrogens is 500 g/mol. The van der Waals surface area contributed by atoms with Crippen LogP contribution in [0.15, 0.2) is 24.3 Å². The van der Waals surface area contributed by atoms with E-state index in [4.69, 9.17) is 19.0 Å². The van der Waals surface area contributed by atoms with Crippen LogP contribution in [0.3, 0.4) is 0 Å². The van der Waals surface area contributed by atoms with Crippen LogP contribution in [0.2, 0.25) is 0 Å². The molecule has 0 atom stereocenters. The zero-order valence-electron chi connectivity index (χ0n) is 21.1. The zero-order valence-corrected chi connectivity index (χ0v) is 21.1. The number of rotatable bonds is 16. The summed E-state index contributed by atoms with van der Waals surface area (Å²) in [5, 5.41) is 19.1. The topological polar surface area (TPSA) is 172 Å². The molecule has 0 aliphatic carbocycles. The second-order valence-electron chi connectivity index (χ2n) is 8.13. The van der Waals surface area contributed by atoms with E-state index in [0.29, 0.717) is 43.1 Å². The van der Waals surface area contributed by atoms with Crippen LogP contribution in [0.5, 0.6) is 0 Å². The van der Waals surface area contributed by atoms with Crippen molar-refractivity contribution in [3.63, 3.8) is 0 Å². The Morgan fingerprint density at radius 2 is 1.37 bits per heavy atom. The predicted octanol–water partition coefficient (Wildman–Crippen LogP) is 0.295. The van der Waals surface area contributed by atoms with Crippen molar-refractivity contribution in [3.8, 4) is 11.4 Å². The third kappa shape index (κ3) is 9.88. The van der Waals surface area contributed by atoms with Crippen LogP contribution in [0.1, 0.15) is 37.1 Å². The molecule has 1 aromatic carbocycles. The molecule has 1 N–H and O–H groups in total. The molecule has 0 radical (unpaired) electrons. The lowest BCUT2D eigenvalue weighted by molar-refractivity contribution is -0.198. The summed E-state index contributed by atoms with van der Waals surface area (Å²) in [6.45, 7) is 3.64. The number of nitrogens with zero attached hydrogens (tertiary/aromatic N) is 5. The third-order valence-electron chi connectivity index (χ3n) is 5.15. The molecular formula is C24H30N6O8. The lowest BCUT2D eigenvalue weighted by Gasteiger charge is -2.12. The molecule has 1 aliphatic heterocycles. The van der Waals surface area contributed by atoms with E-state index in [1.807, 2.05) is 24.3 Å². The molecule has 3 amide bonds. The van der Waals surface area contributed by atoms with Crippen molar-refractivity contribution < 1.29 is 38.2 Å². The third-order valence-corrected chi connectivity index (χ3v) is 5.15. The Hall–Kier alpha value is -3.88. The molecule has 1 fully saturated rings. The highest BCUT2D eigenvalue weighted by molar-refractivity contribution is 6.01. The van der Waals surface area contributed by atoms with Gasteiger partial charge in [0.05, 0.1) is 46.1 Å². The minimum Gasteiger partial charge on any atom is -0.379 e. The van der Waals surface area contributed by atoms with Crippen molar-refractivity contribution >= 4 is 23.7 Å². The Bertz CT molecular complexity index is 1060. The fraction of sp³-hybridized carbons (Fsp3) is 0.500. The Balaban J connectivity index is 1.13. The van der Waals surface area contributed by atoms with Crippen LogP contribution in [0, 0.1) is 6.92 Å². The number of aryl methyl sites for hydroxylation is 1. The van der Waals surface area contributed by atoms with Gasteiger partial charge >= 0.3 is 5.97 Å². The minimum absolute atomic E-state index is 0.0509. The van der Waals surface area contributed by atoms with Crippen molar-refractivity contribution in [1.82, 2.24) is 30.8 Å². The molecule has 2 aromatic rings. The van der Waals surface area contributed by atoms with E-state index in [0.717, 1.165) is 11.1 Å². The number of aromatic nitrogens is 4. The monoisotopic (exact) mass is 530 g/mol. The summed E-state index contributed by atoms with van der Waals surface area (Å²) in [7, 11) is 0. The van der Waals surface area contributed by atoms with Gasteiger partial charge in [-0.05, 0) is 12.5 Å². The largest absolute Gasteiger partial charge is 0.379 e. The average molecular weight is 531 g/mol. The summed E-state index contributed by atoms with van der Waals surface area (Å²) in [4.78, 5) is 51.1. The van der Waals surface area contributed by atoms with Crippen molar-refractivity contribution in [2.24, 2.45) is 0 Å². The molecule has 0 unspecified atom stereocenters. The van der Waals surface area contributed by atoms with Crippen molar-refractivity contribution in [1.29, 1.82) is 0 Å². The normalized spacial score (nSPS) is 13.1. The van der Waals surface area contributed by atoms with E-state index in [9.17, 15) is 19.2 Å². The number of amides is 3. The first kappa shape index (κ1) is 28.7. The van der Waals surface area contributed by atoms with E-state index in [1.54, 1.807) is 6.92 Å². The van der Waals surface area contributed by atoms with Crippen LogP contribution in [0.25, 0.3) is 11.4 Å². The lowest BCUT2D eigenvalue weighted by Crippen LogP contribution is -2.32. The molecule has 14 heteroatoms. The molecule has 0 saturated carbocycles. The molecule has 0 spiro atoms. The Morgan fingerprint density at radius 3 is 1.97 bits per heavy atom. The van der Waals surface area contributed by atoms with E-state index in [2.05, 4.69) is 25.7 Å². The van der Waals surface area contributed by atoms with E-state index < -0.39 is 17.8 Å². The Labute approximate surface area is 219 Å². The maximum Gasteiger partial charge on any atom is 0.335 e. The molecule has 3 rings (SSSR count). The van der Waals surface area contributed by atoms with Gasteiger partial charge < -0.3 is 24.4 Å². The van der Waals surface area contributed by atoms with Gasteiger partial charge in [-0.15, -0.1) is 25.5 Å². The highest BCUT2D eigenvalue weighted by Crippen LogP contribution is 2.14. The van der Waals surface area contributed by atoms with E-state index >= 15 is 0 Å². The van der Waals surface area contributed by atoms with Crippen molar-refractivity contribution in [3.05, 3.63) is 35.7 Å². The number of hydrogen-bond donors (Lipinski definition) is 1. The van der Waals surface area contributed by atoms with Gasteiger partial charge in [-0.25, -0.2) is 4.79 Å². The first-order chi connectivity index (χ1) is 18.4. The average Bonchev–Trinajstić information content (AvgIpc) is 3.23. The van der Waals surface area contributed by atoms with Crippen molar-refractivity contribution in [2.75, 3.05) is 39.6 Å². The summed E-state index contributed by atoms with van der Waals surface area (Å²) < 4.78 is 16.0. The number of hydrogen-bond acceptors (Lipinski definition) is 12. The summed E-state index contributed by atoms with van der Waals surface area (Å²) >= 11 is 0. The van der Waals surface area contributed by atoms with Gasteiger partial charge in [0.15, 0.2) is 5.82 Å². The second kappa shape index (κ2) is 15.4. The lowest BCUT2D eigenvalue weighted by atomic mass is 10.1. The SMILES string of the molecule is Cc1nnc(-c2ccc(CNC(=O)CCOCCOCCOCCC(=O)ON3C(=O)CCC3=O)cc2)nn1.